The molecule has 2 aromatic carbocycles. The largest absolute Gasteiger partial charge is 0.485 e. The molecule has 2 unspecified atom stereocenters. The lowest BCUT2D eigenvalue weighted by Crippen LogP contribution is -2.26. The van der Waals surface area contributed by atoms with Gasteiger partial charge in [-0.2, -0.15) is 0 Å². The van der Waals surface area contributed by atoms with Crippen molar-refractivity contribution in [1.82, 2.24) is 5.32 Å². The van der Waals surface area contributed by atoms with Crippen LogP contribution in [0.3, 0.4) is 0 Å². The van der Waals surface area contributed by atoms with Crippen LogP contribution in [-0.4, -0.2) is 7.05 Å². The molecule has 0 saturated carbocycles. The summed E-state index contributed by atoms with van der Waals surface area (Å²) in [4.78, 5) is 0. The molecule has 2 aromatic rings. The van der Waals surface area contributed by atoms with Gasteiger partial charge in [0.05, 0.1) is 0 Å². The van der Waals surface area contributed by atoms with Gasteiger partial charge in [0.15, 0.2) is 0 Å². The van der Waals surface area contributed by atoms with E-state index in [1.807, 2.05) is 31.3 Å². The first-order valence-electron chi connectivity index (χ1n) is 7.29. The molecule has 1 N–H and O–H groups in total. The first-order valence-corrected chi connectivity index (χ1v) is 7.29. The number of hydrogen-bond acceptors (Lipinski definition) is 2. The lowest BCUT2D eigenvalue weighted by atomic mass is 9.92. The van der Waals surface area contributed by atoms with Gasteiger partial charge in [-0.3, -0.25) is 0 Å². The van der Waals surface area contributed by atoms with Gasteiger partial charge in [0.1, 0.15) is 17.7 Å². The van der Waals surface area contributed by atoms with E-state index in [1.165, 1.54) is 11.1 Å². The van der Waals surface area contributed by atoms with Crippen molar-refractivity contribution in [3.05, 3.63) is 64.5 Å². The van der Waals surface area contributed by atoms with Crippen LogP contribution in [0, 0.1) is 19.7 Å². The smallest absolute Gasteiger partial charge is 0.126 e. The molecular formula is C18H20FNO. The summed E-state index contributed by atoms with van der Waals surface area (Å²) in [6.45, 7) is 3.85. The van der Waals surface area contributed by atoms with Gasteiger partial charge in [-0.15, -0.1) is 0 Å². The minimum absolute atomic E-state index is 0.118. The monoisotopic (exact) mass is 285 g/mol. The minimum atomic E-state index is -0.174. The Morgan fingerprint density at radius 3 is 2.67 bits per heavy atom. The number of ether oxygens (including phenoxy) is 1. The van der Waals surface area contributed by atoms with E-state index in [9.17, 15) is 4.39 Å². The third kappa shape index (κ3) is 2.66. The number of benzene rings is 2. The number of hydrogen-bond donors (Lipinski definition) is 1. The van der Waals surface area contributed by atoms with Gasteiger partial charge >= 0.3 is 0 Å². The average Bonchev–Trinajstić information content (AvgIpc) is 2.49. The van der Waals surface area contributed by atoms with Gasteiger partial charge < -0.3 is 10.1 Å². The molecule has 1 heterocycles. The highest BCUT2D eigenvalue weighted by atomic mass is 19.1. The molecule has 0 spiro atoms. The highest BCUT2D eigenvalue weighted by Crippen LogP contribution is 2.41. The van der Waals surface area contributed by atoms with Crippen molar-refractivity contribution in [2.24, 2.45) is 0 Å². The van der Waals surface area contributed by atoms with E-state index in [4.69, 9.17) is 4.74 Å². The third-order valence-corrected chi connectivity index (χ3v) is 4.18. The van der Waals surface area contributed by atoms with Crippen LogP contribution >= 0.6 is 0 Å². The Labute approximate surface area is 125 Å². The van der Waals surface area contributed by atoms with Crippen molar-refractivity contribution in [3.8, 4) is 5.75 Å². The quantitative estimate of drug-likeness (QED) is 0.891. The van der Waals surface area contributed by atoms with Gasteiger partial charge in [-0.1, -0.05) is 29.8 Å². The summed E-state index contributed by atoms with van der Waals surface area (Å²) < 4.78 is 19.9. The Kier molecular flexibility index (Phi) is 3.68. The van der Waals surface area contributed by atoms with Crippen molar-refractivity contribution < 1.29 is 9.13 Å². The van der Waals surface area contributed by atoms with Gasteiger partial charge in [0.2, 0.25) is 0 Å². The molecule has 1 aliphatic rings. The minimum Gasteiger partial charge on any atom is -0.485 e. The van der Waals surface area contributed by atoms with Crippen LogP contribution in [0.25, 0.3) is 0 Å². The van der Waals surface area contributed by atoms with Crippen molar-refractivity contribution >= 4 is 0 Å². The number of aryl methyl sites for hydroxylation is 2. The topological polar surface area (TPSA) is 21.3 Å². The first-order chi connectivity index (χ1) is 10.1. The molecule has 21 heavy (non-hydrogen) atoms. The summed E-state index contributed by atoms with van der Waals surface area (Å²) >= 11 is 0. The zero-order valence-electron chi connectivity index (χ0n) is 12.6. The summed E-state index contributed by atoms with van der Waals surface area (Å²) in [5.74, 6) is 0.712. The molecule has 0 radical (unpaired) electrons. The maximum Gasteiger partial charge on any atom is 0.126 e. The van der Waals surface area contributed by atoms with Gasteiger partial charge in [0, 0.05) is 18.0 Å². The lowest BCUT2D eigenvalue weighted by molar-refractivity contribution is 0.153. The van der Waals surface area contributed by atoms with Crippen LogP contribution in [0.2, 0.25) is 0 Å². The molecule has 0 saturated heterocycles. The van der Waals surface area contributed by atoms with Crippen LogP contribution in [0.4, 0.5) is 4.39 Å². The van der Waals surface area contributed by atoms with Gasteiger partial charge in [-0.25, -0.2) is 4.39 Å². The number of halogens is 1. The fourth-order valence-corrected chi connectivity index (χ4v) is 2.88. The van der Waals surface area contributed by atoms with E-state index >= 15 is 0 Å². The number of nitrogens with one attached hydrogen (secondary N) is 1. The molecular weight excluding hydrogens is 265 g/mol. The molecule has 0 bridgehead atoms. The second kappa shape index (κ2) is 5.49. The normalized spacial score (nSPS) is 20.8. The Morgan fingerprint density at radius 1 is 1.14 bits per heavy atom. The summed E-state index contributed by atoms with van der Waals surface area (Å²) in [7, 11) is 1.95. The van der Waals surface area contributed by atoms with E-state index in [1.54, 1.807) is 13.0 Å². The first kappa shape index (κ1) is 14.1. The Balaban J connectivity index is 1.96. The molecule has 2 atom stereocenters. The molecule has 110 valence electrons. The fraction of sp³-hybridized carbons (Fsp3) is 0.333. The van der Waals surface area contributed by atoms with E-state index in [-0.39, 0.29) is 18.0 Å². The summed E-state index contributed by atoms with van der Waals surface area (Å²) in [6, 6.07) is 11.8. The van der Waals surface area contributed by atoms with E-state index in [0.29, 0.717) is 5.56 Å². The van der Waals surface area contributed by atoms with Crippen LogP contribution < -0.4 is 10.1 Å². The molecule has 3 heteroatoms. The van der Waals surface area contributed by atoms with E-state index < -0.39 is 0 Å². The molecule has 3 rings (SSSR count). The van der Waals surface area contributed by atoms with Gasteiger partial charge in [-0.05, 0) is 44.2 Å². The second-order valence-electron chi connectivity index (χ2n) is 5.73. The molecule has 0 aliphatic carbocycles. The average molecular weight is 285 g/mol. The fourth-order valence-electron chi connectivity index (χ4n) is 2.88. The van der Waals surface area contributed by atoms with Crippen molar-refractivity contribution in [1.29, 1.82) is 0 Å². The van der Waals surface area contributed by atoms with Crippen LogP contribution in [0.1, 0.15) is 40.8 Å². The predicted octanol–water partition coefficient (Wildman–Crippen LogP) is 4.23. The molecule has 0 aromatic heterocycles. The van der Waals surface area contributed by atoms with Crippen LogP contribution in [-0.2, 0) is 0 Å². The summed E-state index contributed by atoms with van der Waals surface area (Å²) in [5.41, 5.74) is 3.96. The standard InChI is InChI=1S/C18H20FNO/c1-11-4-7-17-14(8-11)16(20-3)10-18(21-17)13-6-5-12(2)15(19)9-13/h4-9,16,18,20H,10H2,1-3H3. The van der Waals surface area contributed by atoms with E-state index in [2.05, 4.69) is 18.3 Å². The van der Waals surface area contributed by atoms with Crippen molar-refractivity contribution in [2.75, 3.05) is 7.05 Å². The van der Waals surface area contributed by atoms with Gasteiger partial charge in [0.25, 0.3) is 0 Å². The van der Waals surface area contributed by atoms with Crippen LogP contribution in [0.15, 0.2) is 36.4 Å². The maximum absolute atomic E-state index is 13.8. The number of rotatable bonds is 2. The third-order valence-electron chi connectivity index (χ3n) is 4.18. The molecule has 0 fully saturated rings. The molecule has 1 aliphatic heterocycles. The Hall–Kier alpha value is -1.87. The Morgan fingerprint density at radius 2 is 1.95 bits per heavy atom. The summed E-state index contributed by atoms with van der Waals surface area (Å²) in [6.07, 6.45) is 0.683. The predicted molar refractivity (Wildman–Crippen MR) is 82.1 cm³/mol. The van der Waals surface area contributed by atoms with E-state index in [0.717, 1.165) is 17.7 Å². The highest BCUT2D eigenvalue weighted by molar-refractivity contribution is 5.42. The molecule has 2 nitrogen and oxygen atoms in total. The SMILES string of the molecule is CNC1CC(c2ccc(C)c(F)c2)Oc2ccc(C)cc21. The highest BCUT2D eigenvalue weighted by Gasteiger charge is 2.28. The molecule has 0 amide bonds. The summed E-state index contributed by atoms with van der Waals surface area (Å²) in [5, 5.41) is 3.34. The second-order valence-corrected chi connectivity index (χ2v) is 5.73. The van der Waals surface area contributed by atoms with Crippen LogP contribution in [0.5, 0.6) is 5.75 Å². The maximum atomic E-state index is 13.8. The van der Waals surface area contributed by atoms with Crippen molar-refractivity contribution in [2.45, 2.75) is 32.4 Å². The number of fused-ring (bicyclic) bond motifs is 1. The zero-order valence-corrected chi connectivity index (χ0v) is 12.6. The Bertz CT molecular complexity index is 668. The van der Waals surface area contributed by atoms with Crippen molar-refractivity contribution in [3.63, 3.8) is 0 Å². The lowest BCUT2D eigenvalue weighted by Gasteiger charge is -2.32. The zero-order chi connectivity index (χ0) is 15.0.